The number of hydrogen-bond acceptors (Lipinski definition) is 6. The molecular weight excluding hydrogens is 436 g/mol. The normalized spacial score (nSPS) is 15.7. The number of ketones is 1. The Bertz CT molecular complexity index is 1050. The number of rotatable bonds is 5. The van der Waals surface area contributed by atoms with Gasteiger partial charge >= 0.3 is 6.03 Å². The molecule has 0 aliphatic carbocycles. The van der Waals surface area contributed by atoms with Crippen LogP contribution in [0.4, 0.5) is 4.79 Å². The van der Waals surface area contributed by atoms with E-state index >= 15 is 0 Å². The first kappa shape index (κ1) is 23.4. The first-order valence-electron chi connectivity index (χ1n) is 10.1. The van der Waals surface area contributed by atoms with Crippen molar-refractivity contribution < 1.29 is 18.0 Å². The molecule has 0 spiro atoms. The highest BCUT2D eigenvalue weighted by atomic mass is 32.2. The number of carbonyl (C=O) groups is 2. The number of urea groups is 1. The minimum absolute atomic E-state index is 0.0267. The third-order valence-electron chi connectivity index (χ3n) is 5.04. The van der Waals surface area contributed by atoms with Gasteiger partial charge in [0, 0.05) is 42.5 Å². The summed E-state index contributed by atoms with van der Waals surface area (Å²) in [6.07, 6.45) is 0. The van der Waals surface area contributed by atoms with Crippen LogP contribution < -0.4 is 5.32 Å². The largest absolute Gasteiger partial charge is 0.332 e. The smallest absolute Gasteiger partial charge is 0.317 e. The number of aromatic nitrogens is 1. The lowest BCUT2D eigenvalue weighted by molar-refractivity contribution is 0.101. The predicted octanol–water partition coefficient (Wildman–Crippen LogP) is 2.86. The van der Waals surface area contributed by atoms with Gasteiger partial charge in [-0.05, 0) is 19.1 Å². The maximum Gasteiger partial charge on any atom is 0.317 e. The second kappa shape index (κ2) is 9.05. The molecule has 1 aromatic carbocycles. The third kappa shape index (κ3) is 5.50. The molecule has 2 amide bonds. The number of nitrogens with zero attached hydrogens (tertiary/aromatic N) is 3. The summed E-state index contributed by atoms with van der Waals surface area (Å²) in [7, 11) is -3.67. The molecule has 1 saturated heterocycles. The van der Waals surface area contributed by atoms with Gasteiger partial charge in [-0.2, -0.15) is 4.31 Å². The number of sulfonamides is 1. The Morgan fingerprint density at radius 3 is 2.23 bits per heavy atom. The quantitative estimate of drug-likeness (QED) is 0.686. The standard InChI is InChI=1S/C21H28N4O4S2/c1-15(26)16-5-7-18(8-6-16)31(28,29)25-11-9-24(10-12-25)20(27)22-13-17-14-30-19(23-17)21(2,3)4/h5-8,14H,9-13H2,1-4H3,(H,22,27). The Kier molecular flexibility index (Phi) is 6.82. The van der Waals surface area contributed by atoms with Gasteiger partial charge < -0.3 is 10.2 Å². The van der Waals surface area contributed by atoms with Crippen LogP contribution >= 0.6 is 11.3 Å². The summed E-state index contributed by atoms with van der Waals surface area (Å²) in [5.74, 6) is -0.115. The topological polar surface area (TPSA) is 99.7 Å². The molecule has 0 bridgehead atoms. The van der Waals surface area contributed by atoms with Crippen LogP contribution in [0.15, 0.2) is 34.5 Å². The minimum atomic E-state index is -3.67. The van der Waals surface area contributed by atoms with E-state index in [9.17, 15) is 18.0 Å². The zero-order valence-corrected chi connectivity index (χ0v) is 19.8. The van der Waals surface area contributed by atoms with Crippen molar-refractivity contribution in [1.82, 2.24) is 19.5 Å². The zero-order chi connectivity index (χ0) is 22.8. The van der Waals surface area contributed by atoms with Crippen LogP contribution in [-0.2, 0) is 22.0 Å². The molecule has 0 saturated carbocycles. The van der Waals surface area contributed by atoms with Crippen LogP contribution in [0.1, 0.15) is 48.8 Å². The summed E-state index contributed by atoms with van der Waals surface area (Å²) in [5, 5.41) is 5.83. The van der Waals surface area contributed by atoms with Gasteiger partial charge in [0.15, 0.2) is 5.78 Å². The van der Waals surface area contributed by atoms with Gasteiger partial charge in [-0.15, -0.1) is 11.3 Å². The molecule has 8 nitrogen and oxygen atoms in total. The van der Waals surface area contributed by atoms with Crippen molar-refractivity contribution in [1.29, 1.82) is 0 Å². The molecule has 1 aliphatic rings. The van der Waals surface area contributed by atoms with E-state index < -0.39 is 10.0 Å². The Balaban J connectivity index is 1.54. The van der Waals surface area contributed by atoms with E-state index in [0.29, 0.717) is 25.2 Å². The maximum absolute atomic E-state index is 12.9. The molecule has 1 N–H and O–H groups in total. The Morgan fingerprint density at radius 2 is 1.71 bits per heavy atom. The number of benzene rings is 1. The molecule has 3 rings (SSSR count). The van der Waals surface area contributed by atoms with E-state index in [1.54, 1.807) is 16.2 Å². The second-order valence-corrected chi connectivity index (χ2v) is 11.3. The van der Waals surface area contributed by atoms with Crippen molar-refractivity contribution in [3.63, 3.8) is 0 Å². The van der Waals surface area contributed by atoms with E-state index in [4.69, 9.17) is 0 Å². The Hall–Kier alpha value is -2.30. The molecule has 2 heterocycles. The van der Waals surface area contributed by atoms with Crippen LogP contribution in [-0.4, -0.2) is 60.6 Å². The SMILES string of the molecule is CC(=O)c1ccc(S(=O)(=O)N2CCN(C(=O)NCc3csc(C(C)(C)C)n3)CC2)cc1. The van der Waals surface area contributed by atoms with Crippen LogP contribution in [0.2, 0.25) is 0 Å². The molecule has 168 valence electrons. The fourth-order valence-corrected chi connectivity index (χ4v) is 5.48. The first-order chi connectivity index (χ1) is 14.5. The van der Waals surface area contributed by atoms with Crippen LogP contribution in [0, 0.1) is 0 Å². The van der Waals surface area contributed by atoms with Crippen molar-refractivity contribution >= 4 is 33.2 Å². The molecule has 1 aromatic heterocycles. The Labute approximate surface area is 187 Å². The highest BCUT2D eigenvalue weighted by molar-refractivity contribution is 7.89. The van der Waals surface area contributed by atoms with Crippen LogP contribution in [0.3, 0.4) is 0 Å². The van der Waals surface area contributed by atoms with E-state index in [2.05, 4.69) is 31.1 Å². The van der Waals surface area contributed by atoms with Crippen LogP contribution in [0.5, 0.6) is 0 Å². The lowest BCUT2D eigenvalue weighted by Crippen LogP contribution is -2.52. The van der Waals surface area contributed by atoms with E-state index in [1.807, 2.05) is 5.38 Å². The molecule has 1 aliphatic heterocycles. The van der Waals surface area contributed by atoms with Gasteiger partial charge in [-0.25, -0.2) is 18.2 Å². The van der Waals surface area contributed by atoms with Crippen molar-refractivity contribution in [2.75, 3.05) is 26.2 Å². The van der Waals surface area contributed by atoms with Crippen LogP contribution in [0.25, 0.3) is 0 Å². The molecule has 2 aromatic rings. The van der Waals surface area contributed by atoms with Gasteiger partial charge in [0.25, 0.3) is 0 Å². The molecule has 0 atom stereocenters. The Morgan fingerprint density at radius 1 is 1.10 bits per heavy atom. The lowest BCUT2D eigenvalue weighted by atomic mass is 9.98. The monoisotopic (exact) mass is 464 g/mol. The van der Waals surface area contributed by atoms with Gasteiger partial charge in [0.1, 0.15) is 0 Å². The number of Topliss-reactive ketones (excluding diaryl/α,β-unsaturated/α-hetero) is 1. The summed E-state index contributed by atoms with van der Waals surface area (Å²) < 4.78 is 27.1. The third-order valence-corrected chi connectivity index (χ3v) is 8.27. The van der Waals surface area contributed by atoms with Crippen molar-refractivity contribution in [2.24, 2.45) is 0 Å². The molecule has 1 fully saturated rings. The van der Waals surface area contributed by atoms with Gasteiger partial charge in [0.05, 0.1) is 22.1 Å². The average Bonchev–Trinajstić information content (AvgIpc) is 3.22. The maximum atomic E-state index is 12.9. The van der Waals surface area contributed by atoms with Crippen molar-refractivity contribution in [2.45, 2.75) is 44.6 Å². The number of thiazole rings is 1. The van der Waals surface area contributed by atoms with Gasteiger partial charge in [-0.1, -0.05) is 32.9 Å². The number of amides is 2. The first-order valence-corrected chi connectivity index (χ1v) is 12.4. The molecule has 0 unspecified atom stereocenters. The molecule has 31 heavy (non-hydrogen) atoms. The average molecular weight is 465 g/mol. The van der Waals surface area contributed by atoms with Crippen molar-refractivity contribution in [3.8, 4) is 0 Å². The lowest BCUT2D eigenvalue weighted by Gasteiger charge is -2.34. The summed E-state index contributed by atoms with van der Waals surface area (Å²) >= 11 is 1.58. The van der Waals surface area contributed by atoms with Gasteiger partial charge in [0.2, 0.25) is 10.0 Å². The highest BCUT2D eigenvalue weighted by Gasteiger charge is 2.30. The summed E-state index contributed by atoms with van der Waals surface area (Å²) in [4.78, 5) is 30.2. The molecule has 10 heteroatoms. The van der Waals surface area contributed by atoms with E-state index in [0.717, 1.165) is 10.7 Å². The number of hydrogen-bond donors (Lipinski definition) is 1. The summed E-state index contributed by atoms with van der Waals surface area (Å²) in [5.41, 5.74) is 1.26. The van der Waals surface area contributed by atoms with Gasteiger partial charge in [-0.3, -0.25) is 4.79 Å². The molecule has 0 radical (unpaired) electrons. The highest BCUT2D eigenvalue weighted by Crippen LogP contribution is 2.25. The summed E-state index contributed by atoms with van der Waals surface area (Å²) in [6, 6.07) is 5.70. The number of piperazine rings is 1. The number of carbonyl (C=O) groups excluding carboxylic acids is 2. The number of nitrogens with one attached hydrogen (secondary N) is 1. The van der Waals surface area contributed by atoms with E-state index in [1.165, 1.54) is 35.5 Å². The zero-order valence-electron chi connectivity index (χ0n) is 18.2. The minimum Gasteiger partial charge on any atom is -0.332 e. The van der Waals surface area contributed by atoms with E-state index in [-0.39, 0.29) is 35.2 Å². The fourth-order valence-electron chi connectivity index (χ4n) is 3.15. The fraction of sp³-hybridized carbons (Fsp3) is 0.476. The summed E-state index contributed by atoms with van der Waals surface area (Å²) in [6.45, 7) is 9.11. The predicted molar refractivity (Wildman–Crippen MR) is 120 cm³/mol. The second-order valence-electron chi connectivity index (χ2n) is 8.52. The molecular formula is C21H28N4O4S2. The van der Waals surface area contributed by atoms with Crippen molar-refractivity contribution in [3.05, 3.63) is 45.9 Å².